The molecule has 0 radical (unpaired) electrons. The van der Waals surface area contributed by atoms with Crippen molar-refractivity contribution in [3.63, 3.8) is 0 Å². The highest BCUT2D eigenvalue weighted by Gasteiger charge is 2.20. The zero-order valence-corrected chi connectivity index (χ0v) is 17.1. The third-order valence-electron chi connectivity index (χ3n) is 5.29. The molecule has 2 nitrogen and oxygen atoms in total. The predicted molar refractivity (Wildman–Crippen MR) is 122 cm³/mol. The first kappa shape index (κ1) is 19.2. The Kier molecular flexibility index (Phi) is 5.92. The number of likely N-dealkylation sites (N-methyl/N-ethyl adjacent to an activating group) is 1. The van der Waals surface area contributed by atoms with Gasteiger partial charge in [0.2, 0.25) is 0 Å². The second-order valence-corrected chi connectivity index (χ2v) is 7.60. The molecule has 0 bridgehead atoms. The molecule has 0 unspecified atom stereocenters. The molecule has 0 aliphatic heterocycles. The van der Waals surface area contributed by atoms with Crippen LogP contribution in [0.5, 0.6) is 5.75 Å². The Balaban J connectivity index is 1.83. The molecule has 0 N–H and O–H groups in total. The molecule has 4 rings (SSSR count). The van der Waals surface area contributed by atoms with Crippen molar-refractivity contribution in [2.45, 2.75) is 5.92 Å². The van der Waals surface area contributed by atoms with E-state index in [2.05, 4.69) is 116 Å². The largest absolute Gasteiger partial charge is 0.492 e. The summed E-state index contributed by atoms with van der Waals surface area (Å²) >= 11 is 0. The van der Waals surface area contributed by atoms with Crippen LogP contribution in [0.25, 0.3) is 10.8 Å². The maximum Gasteiger partial charge on any atom is 0.127 e. The summed E-state index contributed by atoms with van der Waals surface area (Å²) in [6.07, 6.45) is 0. The molecular formula is C27H27NO. The fourth-order valence-electron chi connectivity index (χ4n) is 3.85. The standard InChI is InChI=1S/C27H27NO/c1-28(2)19-20-29-26-18-17-25(23-15-9-10-16-24(23)26)27(21-11-5-3-6-12-21)22-13-7-4-8-14-22/h3-18,27H,19-20H2,1-2H3. The van der Waals surface area contributed by atoms with Crippen LogP contribution in [0.4, 0.5) is 0 Å². The molecule has 0 fully saturated rings. The SMILES string of the molecule is CN(C)CCOc1ccc(C(c2ccccc2)c2ccccc2)c2ccccc12. The molecule has 29 heavy (non-hydrogen) atoms. The number of ether oxygens (including phenoxy) is 1. The van der Waals surface area contributed by atoms with E-state index in [0.29, 0.717) is 6.61 Å². The highest BCUT2D eigenvalue weighted by atomic mass is 16.5. The van der Waals surface area contributed by atoms with E-state index >= 15 is 0 Å². The van der Waals surface area contributed by atoms with Gasteiger partial charge < -0.3 is 9.64 Å². The van der Waals surface area contributed by atoms with Crippen molar-refractivity contribution >= 4 is 10.8 Å². The molecule has 2 heteroatoms. The van der Waals surface area contributed by atoms with E-state index in [1.54, 1.807) is 0 Å². The van der Waals surface area contributed by atoms with Crippen molar-refractivity contribution in [1.82, 2.24) is 4.90 Å². The Hall–Kier alpha value is -3.10. The van der Waals surface area contributed by atoms with Gasteiger partial charge in [-0.1, -0.05) is 91.0 Å². The third-order valence-corrected chi connectivity index (χ3v) is 5.29. The lowest BCUT2D eigenvalue weighted by molar-refractivity contribution is 0.263. The summed E-state index contributed by atoms with van der Waals surface area (Å²) in [6, 6.07) is 34.4. The van der Waals surface area contributed by atoms with Crippen molar-refractivity contribution in [3.05, 3.63) is 114 Å². The quantitative estimate of drug-likeness (QED) is 0.366. The number of nitrogens with zero attached hydrogens (tertiary/aromatic N) is 1. The zero-order valence-electron chi connectivity index (χ0n) is 17.1. The number of hydrogen-bond donors (Lipinski definition) is 0. The normalized spacial score (nSPS) is 11.3. The molecule has 0 aliphatic rings. The lowest BCUT2D eigenvalue weighted by Crippen LogP contribution is -2.19. The van der Waals surface area contributed by atoms with E-state index in [9.17, 15) is 0 Å². The molecule has 4 aromatic rings. The van der Waals surface area contributed by atoms with Gasteiger partial charge in [0.05, 0.1) is 0 Å². The summed E-state index contributed by atoms with van der Waals surface area (Å²) in [4.78, 5) is 2.14. The van der Waals surface area contributed by atoms with Crippen LogP contribution in [-0.4, -0.2) is 32.1 Å². The topological polar surface area (TPSA) is 12.5 Å². The highest BCUT2D eigenvalue weighted by Crippen LogP contribution is 2.38. The summed E-state index contributed by atoms with van der Waals surface area (Å²) in [5.74, 6) is 1.13. The van der Waals surface area contributed by atoms with Gasteiger partial charge in [0.1, 0.15) is 12.4 Å². The summed E-state index contributed by atoms with van der Waals surface area (Å²) in [7, 11) is 4.13. The van der Waals surface area contributed by atoms with Gasteiger partial charge >= 0.3 is 0 Å². The molecule has 0 amide bonds. The Morgan fingerprint density at radius 2 is 1.21 bits per heavy atom. The van der Waals surface area contributed by atoms with Crippen LogP contribution in [0, 0.1) is 0 Å². The average Bonchev–Trinajstić information content (AvgIpc) is 2.76. The van der Waals surface area contributed by atoms with Gasteiger partial charge in [0, 0.05) is 17.8 Å². The highest BCUT2D eigenvalue weighted by molar-refractivity contribution is 5.92. The monoisotopic (exact) mass is 381 g/mol. The summed E-state index contributed by atoms with van der Waals surface area (Å²) < 4.78 is 6.13. The second-order valence-electron chi connectivity index (χ2n) is 7.60. The maximum atomic E-state index is 6.13. The number of rotatable bonds is 7. The van der Waals surface area contributed by atoms with Crippen molar-refractivity contribution in [2.75, 3.05) is 27.2 Å². The van der Waals surface area contributed by atoms with Crippen LogP contribution in [0.3, 0.4) is 0 Å². The Morgan fingerprint density at radius 1 is 0.655 bits per heavy atom. The van der Waals surface area contributed by atoms with Crippen molar-refractivity contribution in [3.8, 4) is 5.75 Å². The van der Waals surface area contributed by atoms with E-state index < -0.39 is 0 Å². The third kappa shape index (κ3) is 4.33. The van der Waals surface area contributed by atoms with Gasteiger partial charge in [-0.25, -0.2) is 0 Å². The van der Waals surface area contributed by atoms with Crippen LogP contribution in [-0.2, 0) is 0 Å². The smallest absolute Gasteiger partial charge is 0.127 e. The molecule has 146 valence electrons. The molecule has 0 heterocycles. The van der Waals surface area contributed by atoms with Gasteiger partial charge in [-0.15, -0.1) is 0 Å². The minimum atomic E-state index is 0.179. The van der Waals surface area contributed by atoms with E-state index in [1.165, 1.54) is 27.5 Å². The fourth-order valence-corrected chi connectivity index (χ4v) is 3.85. The van der Waals surface area contributed by atoms with Crippen LogP contribution < -0.4 is 4.74 Å². The molecule has 4 aromatic carbocycles. The Labute approximate surface area is 173 Å². The summed E-state index contributed by atoms with van der Waals surface area (Å²) in [5, 5.41) is 2.41. The molecule has 0 saturated heterocycles. The van der Waals surface area contributed by atoms with E-state index in [4.69, 9.17) is 4.74 Å². The Morgan fingerprint density at radius 3 is 1.79 bits per heavy atom. The van der Waals surface area contributed by atoms with Crippen molar-refractivity contribution in [2.24, 2.45) is 0 Å². The predicted octanol–water partition coefficient (Wildman–Crippen LogP) is 5.96. The van der Waals surface area contributed by atoms with Crippen LogP contribution in [0.15, 0.2) is 97.1 Å². The van der Waals surface area contributed by atoms with E-state index in [1.807, 2.05) is 0 Å². The minimum absolute atomic E-state index is 0.179. The molecular weight excluding hydrogens is 354 g/mol. The molecule has 0 aliphatic carbocycles. The second kappa shape index (κ2) is 8.93. The van der Waals surface area contributed by atoms with Crippen molar-refractivity contribution in [1.29, 1.82) is 0 Å². The molecule has 0 spiro atoms. The minimum Gasteiger partial charge on any atom is -0.492 e. The van der Waals surface area contributed by atoms with Gasteiger partial charge in [-0.05, 0) is 42.2 Å². The van der Waals surface area contributed by atoms with Gasteiger partial charge in [-0.2, -0.15) is 0 Å². The molecule has 0 saturated carbocycles. The lowest BCUT2D eigenvalue weighted by atomic mass is 9.83. The average molecular weight is 382 g/mol. The van der Waals surface area contributed by atoms with Crippen LogP contribution in [0.1, 0.15) is 22.6 Å². The Bertz CT molecular complexity index is 1020. The van der Waals surface area contributed by atoms with E-state index in [0.717, 1.165) is 12.3 Å². The first-order chi connectivity index (χ1) is 14.2. The van der Waals surface area contributed by atoms with Crippen LogP contribution >= 0.6 is 0 Å². The lowest BCUT2D eigenvalue weighted by Gasteiger charge is -2.22. The maximum absolute atomic E-state index is 6.13. The van der Waals surface area contributed by atoms with Gasteiger partial charge in [0.15, 0.2) is 0 Å². The fraction of sp³-hybridized carbons (Fsp3) is 0.185. The number of benzene rings is 4. The summed E-state index contributed by atoms with van der Waals surface area (Å²) in [6.45, 7) is 1.57. The van der Waals surface area contributed by atoms with Crippen LogP contribution in [0.2, 0.25) is 0 Å². The number of hydrogen-bond acceptors (Lipinski definition) is 2. The first-order valence-electron chi connectivity index (χ1n) is 10.1. The van der Waals surface area contributed by atoms with Crippen molar-refractivity contribution < 1.29 is 4.74 Å². The number of fused-ring (bicyclic) bond motifs is 1. The van der Waals surface area contributed by atoms with Gasteiger partial charge in [0.25, 0.3) is 0 Å². The first-order valence-corrected chi connectivity index (χ1v) is 10.1. The van der Waals surface area contributed by atoms with Gasteiger partial charge in [-0.3, -0.25) is 0 Å². The van der Waals surface area contributed by atoms with E-state index in [-0.39, 0.29) is 5.92 Å². The zero-order chi connectivity index (χ0) is 20.1. The molecule has 0 atom stereocenters. The molecule has 0 aromatic heterocycles. The summed E-state index contributed by atoms with van der Waals surface area (Å²) in [5.41, 5.74) is 3.90.